The largest absolute Gasteiger partial charge is 0.476 e. The lowest BCUT2D eigenvalue weighted by Crippen LogP contribution is -2.09. The van der Waals surface area contributed by atoms with Crippen molar-refractivity contribution in [1.29, 1.82) is 0 Å². The van der Waals surface area contributed by atoms with Crippen LogP contribution < -0.4 is 0 Å². The minimum absolute atomic E-state index is 0.0569. The van der Waals surface area contributed by atoms with Crippen LogP contribution >= 0.6 is 0 Å². The van der Waals surface area contributed by atoms with Gasteiger partial charge in [0, 0.05) is 24.2 Å². The lowest BCUT2D eigenvalue weighted by Gasteiger charge is -2.09. The summed E-state index contributed by atoms with van der Waals surface area (Å²) in [6, 6.07) is 5.65. The molecule has 0 spiro atoms. The van der Waals surface area contributed by atoms with Crippen molar-refractivity contribution in [2.75, 3.05) is 0 Å². The number of hydrogen-bond donors (Lipinski definition) is 1. The van der Waals surface area contributed by atoms with Crippen LogP contribution in [0.3, 0.4) is 0 Å². The lowest BCUT2D eigenvalue weighted by atomic mass is 10.1. The topological polar surface area (TPSA) is 111 Å². The molecule has 8 nitrogen and oxygen atoms in total. The minimum atomic E-state index is -1.18. The van der Waals surface area contributed by atoms with E-state index in [0.29, 0.717) is 17.8 Å². The number of benzene rings is 1. The van der Waals surface area contributed by atoms with Crippen LogP contribution in [0.2, 0.25) is 0 Å². The highest BCUT2D eigenvalue weighted by Gasteiger charge is 2.21. The summed E-state index contributed by atoms with van der Waals surface area (Å²) in [5.41, 5.74) is 0.665. The van der Waals surface area contributed by atoms with Gasteiger partial charge >= 0.3 is 5.97 Å². The summed E-state index contributed by atoms with van der Waals surface area (Å²) >= 11 is 0. The Balaban J connectivity index is 2.51. The van der Waals surface area contributed by atoms with Gasteiger partial charge in [0.2, 0.25) is 0 Å². The van der Waals surface area contributed by atoms with Crippen molar-refractivity contribution in [3.8, 4) is 11.3 Å². The van der Waals surface area contributed by atoms with E-state index in [0.717, 1.165) is 0 Å². The number of carboxylic acids is 1. The van der Waals surface area contributed by atoms with E-state index in [1.165, 1.54) is 28.9 Å². The Bertz CT molecular complexity index is 676. The molecule has 1 aromatic carbocycles. The van der Waals surface area contributed by atoms with Gasteiger partial charge in [-0.2, -0.15) is 0 Å². The first-order valence-corrected chi connectivity index (χ1v) is 6.31. The number of hydrogen-bond acceptors (Lipinski definition) is 5. The SMILES string of the molecule is CC(C)Cn1nnc(C(=O)O)c1-c1ccc([N+](=O)[O-])cc1. The summed E-state index contributed by atoms with van der Waals surface area (Å²) in [5.74, 6) is -0.927. The summed E-state index contributed by atoms with van der Waals surface area (Å²) < 4.78 is 1.51. The standard InChI is InChI=1S/C13H14N4O4/c1-8(2)7-16-12(11(13(18)19)14-15-16)9-3-5-10(6-4-9)17(20)21/h3-6,8H,7H2,1-2H3,(H,18,19). The third-order valence-corrected chi connectivity index (χ3v) is 2.83. The molecule has 0 aliphatic carbocycles. The second-order valence-corrected chi connectivity index (χ2v) is 4.97. The predicted molar refractivity (Wildman–Crippen MR) is 73.9 cm³/mol. The van der Waals surface area contributed by atoms with Gasteiger partial charge in [0.05, 0.1) is 4.92 Å². The van der Waals surface area contributed by atoms with Crippen molar-refractivity contribution in [3.05, 3.63) is 40.1 Å². The molecule has 8 heteroatoms. The van der Waals surface area contributed by atoms with E-state index in [1.807, 2.05) is 13.8 Å². The number of non-ortho nitro benzene ring substituents is 1. The molecule has 0 aliphatic heterocycles. The number of aromatic nitrogens is 3. The molecule has 21 heavy (non-hydrogen) atoms. The van der Waals surface area contributed by atoms with Gasteiger partial charge in [0.15, 0.2) is 5.69 Å². The van der Waals surface area contributed by atoms with Gasteiger partial charge in [0.1, 0.15) is 5.69 Å². The van der Waals surface area contributed by atoms with Crippen molar-refractivity contribution in [2.45, 2.75) is 20.4 Å². The van der Waals surface area contributed by atoms with E-state index in [9.17, 15) is 20.0 Å². The molecule has 110 valence electrons. The van der Waals surface area contributed by atoms with Gasteiger partial charge in [-0.3, -0.25) is 10.1 Å². The van der Waals surface area contributed by atoms with Crippen LogP contribution in [0.5, 0.6) is 0 Å². The molecule has 0 saturated heterocycles. The molecular formula is C13H14N4O4. The molecule has 0 aliphatic rings. The Labute approximate surface area is 120 Å². The Hall–Kier alpha value is -2.77. The van der Waals surface area contributed by atoms with Crippen LogP contribution in [0.4, 0.5) is 5.69 Å². The quantitative estimate of drug-likeness (QED) is 0.667. The maximum atomic E-state index is 11.2. The zero-order chi connectivity index (χ0) is 15.6. The first kappa shape index (κ1) is 14.6. The molecule has 0 saturated carbocycles. The summed E-state index contributed by atoms with van der Waals surface area (Å²) in [4.78, 5) is 21.4. The summed E-state index contributed by atoms with van der Waals surface area (Å²) in [6.45, 7) is 4.45. The maximum Gasteiger partial charge on any atom is 0.358 e. The monoisotopic (exact) mass is 290 g/mol. The molecule has 0 amide bonds. The first-order valence-electron chi connectivity index (χ1n) is 6.31. The zero-order valence-corrected chi connectivity index (χ0v) is 11.6. The fourth-order valence-electron chi connectivity index (χ4n) is 1.96. The number of nitro benzene ring substituents is 1. The molecule has 2 aromatic rings. The van der Waals surface area contributed by atoms with Crippen molar-refractivity contribution in [3.63, 3.8) is 0 Å². The van der Waals surface area contributed by atoms with Crippen LogP contribution in [-0.4, -0.2) is 31.0 Å². The van der Waals surface area contributed by atoms with Crippen LogP contribution in [0, 0.1) is 16.0 Å². The van der Waals surface area contributed by atoms with Gasteiger partial charge < -0.3 is 5.11 Å². The Kier molecular flexibility index (Phi) is 3.97. The van der Waals surface area contributed by atoms with Gasteiger partial charge in [-0.15, -0.1) is 5.10 Å². The molecule has 1 aromatic heterocycles. The Morgan fingerprint density at radius 2 is 2.00 bits per heavy atom. The van der Waals surface area contributed by atoms with Gasteiger partial charge in [0.25, 0.3) is 5.69 Å². The number of nitro groups is 1. The lowest BCUT2D eigenvalue weighted by molar-refractivity contribution is -0.384. The van der Waals surface area contributed by atoms with Crippen molar-refractivity contribution in [2.24, 2.45) is 5.92 Å². The van der Waals surface area contributed by atoms with E-state index in [1.54, 1.807) is 0 Å². The molecule has 1 N–H and O–H groups in total. The minimum Gasteiger partial charge on any atom is -0.476 e. The van der Waals surface area contributed by atoms with Gasteiger partial charge in [-0.1, -0.05) is 19.1 Å². The average molecular weight is 290 g/mol. The molecule has 0 atom stereocenters. The molecule has 0 fully saturated rings. The van der Waals surface area contributed by atoms with E-state index in [4.69, 9.17) is 0 Å². The van der Waals surface area contributed by atoms with Crippen molar-refractivity contribution < 1.29 is 14.8 Å². The number of aromatic carboxylic acids is 1. The van der Waals surface area contributed by atoms with Crippen LogP contribution in [0.15, 0.2) is 24.3 Å². The highest BCUT2D eigenvalue weighted by Crippen LogP contribution is 2.25. The molecule has 2 rings (SSSR count). The fourth-order valence-corrected chi connectivity index (χ4v) is 1.96. The number of nitrogens with zero attached hydrogens (tertiary/aromatic N) is 4. The summed E-state index contributed by atoms with van der Waals surface area (Å²) in [7, 11) is 0. The normalized spacial score (nSPS) is 10.8. The summed E-state index contributed by atoms with van der Waals surface area (Å²) in [6.07, 6.45) is 0. The number of carboxylic acid groups (broad SMARTS) is 1. The zero-order valence-electron chi connectivity index (χ0n) is 11.6. The van der Waals surface area contributed by atoms with Crippen molar-refractivity contribution in [1.82, 2.24) is 15.0 Å². The van der Waals surface area contributed by atoms with Crippen LogP contribution in [0.1, 0.15) is 24.3 Å². The Morgan fingerprint density at radius 3 is 2.48 bits per heavy atom. The van der Waals surface area contributed by atoms with Crippen LogP contribution in [0.25, 0.3) is 11.3 Å². The van der Waals surface area contributed by atoms with Gasteiger partial charge in [-0.05, 0) is 18.1 Å². The molecule has 1 heterocycles. The maximum absolute atomic E-state index is 11.2. The molecular weight excluding hydrogens is 276 g/mol. The second kappa shape index (κ2) is 5.70. The smallest absolute Gasteiger partial charge is 0.358 e. The fraction of sp³-hybridized carbons (Fsp3) is 0.308. The van der Waals surface area contributed by atoms with E-state index >= 15 is 0 Å². The third kappa shape index (κ3) is 3.04. The molecule has 0 unspecified atom stereocenters. The highest BCUT2D eigenvalue weighted by molar-refractivity contribution is 5.92. The second-order valence-electron chi connectivity index (χ2n) is 4.97. The Morgan fingerprint density at radius 1 is 1.38 bits per heavy atom. The van der Waals surface area contributed by atoms with Gasteiger partial charge in [-0.25, -0.2) is 9.48 Å². The average Bonchev–Trinajstić information content (AvgIpc) is 2.81. The number of rotatable bonds is 5. The number of carbonyl (C=O) groups is 1. The molecule has 0 bridgehead atoms. The third-order valence-electron chi connectivity index (χ3n) is 2.83. The summed E-state index contributed by atoms with van der Waals surface area (Å²) in [5, 5.41) is 27.4. The molecule has 0 radical (unpaired) electrons. The van der Waals surface area contributed by atoms with Crippen molar-refractivity contribution >= 4 is 11.7 Å². The van der Waals surface area contributed by atoms with E-state index in [-0.39, 0.29) is 17.3 Å². The van der Waals surface area contributed by atoms with Crippen LogP contribution in [-0.2, 0) is 6.54 Å². The van der Waals surface area contributed by atoms with E-state index < -0.39 is 10.9 Å². The highest BCUT2D eigenvalue weighted by atomic mass is 16.6. The predicted octanol–water partition coefficient (Wildman–Crippen LogP) is 2.21. The van der Waals surface area contributed by atoms with E-state index in [2.05, 4.69) is 10.3 Å². The first-order chi connectivity index (χ1) is 9.90.